The minimum Gasteiger partial charge on any atom is -0.294 e. The van der Waals surface area contributed by atoms with E-state index in [4.69, 9.17) is 23.2 Å². The molecule has 0 aliphatic heterocycles. The van der Waals surface area contributed by atoms with E-state index in [1.807, 2.05) is 0 Å². The van der Waals surface area contributed by atoms with Gasteiger partial charge in [-0.15, -0.1) is 11.3 Å². The van der Waals surface area contributed by atoms with Gasteiger partial charge in [-0.25, -0.2) is 8.42 Å². The van der Waals surface area contributed by atoms with Crippen molar-refractivity contribution in [2.24, 2.45) is 0 Å². The van der Waals surface area contributed by atoms with E-state index >= 15 is 0 Å². The maximum Gasteiger partial charge on any atom is 0.165 e. The van der Waals surface area contributed by atoms with Crippen LogP contribution >= 0.6 is 34.5 Å². The molecule has 0 radical (unpaired) electrons. The Labute approximate surface area is 115 Å². The van der Waals surface area contributed by atoms with Crippen molar-refractivity contribution in [1.82, 2.24) is 0 Å². The smallest absolute Gasteiger partial charge is 0.165 e. The van der Waals surface area contributed by atoms with E-state index < -0.39 is 9.84 Å². The standard InChI is InChI=1S/C10H12Cl2O3S2/c1-2-17(14,15)5-3-4-8(13)7-6-9(11)16-10(7)12/h6H,2-5H2,1H3. The molecule has 0 amide bonds. The average Bonchev–Trinajstić information content (AvgIpc) is 2.57. The van der Waals surface area contributed by atoms with E-state index in [9.17, 15) is 13.2 Å². The quantitative estimate of drug-likeness (QED) is 0.756. The number of rotatable bonds is 6. The topological polar surface area (TPSA) is 51.2 Å². The predicted molar refractivity (Wildman–Crippen MR) is 72.2 cm³/mol. The molecule has 0 atom stereocenters. The molecule has 0 spiro atoms. The van der Waals surface area contributed by atoms with Crippen molar-refractivity contribution in [3.8, 4) is 0 Å². The lowest BCUT2D eigenvalue weighted by Crippen LogP contribution is -2.10. The molecule has 1 aromatic heterocycles. The molecule has 0 saturated heterocycles. The molecule has 17 heavy (non-hydrogen) atoms. The number of halogens is 2. The summed E-state index contributed by atoms with van der Waals surface area (Å²) in [5.41, 5.74) is 0.385. The van der Waals surface area contributed by atoms with Crippen molar-refractivity contribution >= 4 is 50.2 Å². The molecular weight excluding hydrogens is 303 g/mol. The van der Waals surface area contributed by atoms with Gasteiger partial charge in [-0.2, -0.15) is 0 Å². The number of carbonyl (C=O) groups is 1. The third-order valence-electron chi connectivity index (χ3n) is 2.26. The number of thiophene rings is 1. The normalized spacial score (nSPS) is 11.7. The van der Waals surface area contributed by atoms with Crippen LogP contribution in [0.15, 0.2) is 6.07 Å². The maximum atomic E-state index is 11.7. The lowest BCUT2D eigenvalue weighted by atomic mass is 10.1. The highest BCUT2D eigenvalue weighted by molar-refractivity contribution is 7.91. The Kier molecular flexibility index (Phi) is 5.44. The molecule has 0 fully saturated rings. The van der Waals surface area contributed by atoms with Gasteiger partial charge in [-0.1, -0.05) is 30.1 Å². The fourth-order valence-electron chi connectivity index (χ4n) is 1.26. The lowest BCUT2D eigenvalue weighted by Gasteiger charge is -2.00. The van der Waals surface area contributed by atoms with Crippen LogP contribution in [0.2, 0.25) is 8.67 Å². The van der Waals surface area contributed by atoms with Gasteiger partial charge in [0.2, 0.25) is 0 Å². The SMILES string of the molecule is CCS(=O)(=O)CCCC(=O)c1cc(Cl)sc1Cl. The summed E-state index contributed by atoms with van der Waals surface area (Å²) >= 11 is 12.7. The highest BCUT2D eigenvalue weighted by Gasteiger charge is 2.15. The lowest BCUT2D eigenvalue weighted by molar-refractivity contribution is 0.0982. The molecule has 0 saturated carbocycles. The molecule has 7 heteroatoms. The molecule has 0 aliphatic carbocycles. The number of ketones is 1. The van der Waals surface area contributed by atoms with Crippen LogP contribution in [0.4, 0.5) is 0 Å². The first-order valence-corrected chi connectivity index (χ1v) is 8.43. The van der Waals surface area contributed by atoms with Gasteiger partial charge >= 0.3 is 0 Å². The Hall–Kier alpha value is -0.100. The molecule has 96 valence electrons. The first-order valence-electron chi connectivity index (χ1n) is 5.04. The predicted octanol–water partition coefficient (Wildman–Crippen LogP) is 3.45. The highest BCUT2D eigenvalue weighted by atomic mass is 35.5. The number of sulfone groups is 1. The second-order valence-electron chi connectivity index (χ2n) is 3.50. The summed E-state index contributed by atoms with van der Waals surface area (Å²) in [5.74, 6) is -0.0267. The van der Waals surface area contributed by atoms with Crippen molar-refractivity contribution < 1.29 is 13.2 Å². The fourth-order valence-corrected chi connectivity index (χ4v) is 3.63. The van der Waals surface area contributed by atoms with Gasteiger partial charge in [0, 0.05) is 17.7 Å². The van der Waals surface area contributed by atoms with Crippen LogP contribution in [-0.4, -0.2) is 25.7 Å². The van der Waals surface area contributed by atoms with E-state index in [0.717, 1.165) is 11.3 Å². The minimum atomic E-state index is -3.01. The third-order valence-corrected chi connectivity index (χ3v) is 5.53. The van der Waals surface area contributed by atoms with Crippen molar-refractivity contribution in [3.05, 3.63) is 20.3 Å². The first kappa shape index (κ1) is 15.0. The Morgan fingerprint density at radius 2 is 2.06 bits per heavy atom. The van der Waals surface area contributed by atoms with Crippen LogP contribution in [-0.2, 0) is 9.84 Å². The highest BCUT2D eigenvalue weighted by Crippen LogP contribution is 2.32. The largest absolute Gasteiger partial charge is 0.294 e. The molecular formula is C10H12Cl2O3S2. The second-order valence-corrected chi connectivity index (χ2v) is 8.26. The monoisotopic (exact) mass is 314 g/mol. The van der Waals surface area contributed by atoms with E-state index in [1.165, 1.54) is 6.07 Å². The zero-order valence-electron chi connectivity index (χ0n) is 9.20. The van der Waals surface area contributed by atoms with Crippen molar-refractivity contribution in [2.45, 2.75) is 19.8 Å². The van der Waals surface area contributed by atoms with Crippen LogP contribution in [0, 0.1) is 0 Å². The van der Waals surface area contributed by atoms with E-state index in [1.54, 1.807) is 6.92 Å². The number of Topliss-reactive ketones (excluding diaryl/α,β-unsaturated/α-hetero) is 1. The van der Waals surface area contributed by atoms with Gasteiger partial charge in [0.15, 0.2) is 5.78 Å². The zero-order chi connectivity index (χ0) is 13.1. The van der Waals surface area contributed by atoms with Crippen molar-refractivity contribution in [3.63, 3.8) is 0 Å². The van der Waals surface area contributed by atoms with Gasteiger partial charge in [0.05, 0.1) is 10.1 Å². The molecule has 0 N–H and O–H groups in total. The summed E-state index contributed by atoms with van der Waals surface area (Å²) in [5, 5.41) is 0. The first-order chi connectivity index (χ1) is 7.85. The Morgan fingerprint density at radius 3 is 2.53 bits per heavy atom. The minimum absolute atomic E-state index is 0.0325. The van der Waals surface area contributed by atoms with Gasteiger partial charge in [0.1, 0.15) is 14.2 Å². The molecule has 3 nitrogen and oxygen atoms in total. The van der Waals surface area contributed by atoms with Crippen LogP contribution in [0.5, 0.6) is 0 Å². The van der Waals surface area contributed by atoms with E-state index in [-0.39, 0.29) is 23.7 Å². The molecule has 0 unspecified atom stereocenters. The van der Waals surface area contributed by atoms with Crippen LogP contribution in [0.1, 0.15) is 30.1 Å². The van der Waals surface area contributed by atoms with Crippen molar-refractivity contribution in [1.29, 1.82) is 0 Å². The van der Waals surface area contributed by atoms with Gasteiger partial charge in [-0.05, 0) is 12.5 Å². The number of hydrogen-bond donors (Lipinski definition) is 0. The van der Waals surface area contributed by atoms with Crippen LogP contribution < -0.4 is 0 Å². The summed E-state index contributed by atoms with van der Waals surface area (Å²) < 4.78 is 23.3. The summed E-state index contributed by atoms with van der Waals surface area (Å²) in [4.78, 5) is 11.7. The van der Waals surface area contributed by atoms with Crippen LogP contribution in [0.3, 0.4) is 0 Å². The van der Waals surface area contributed by atoms with Gasteiger partial charge < -0.3 is 0 Å². The number of hydrogen-bond acceptors (Lipinski definition) is 4. The Bertz CT molecular complexity index is 506. The summed E-state index contributed by atoms with van der Waals surface area (Å²) in [6.07, 6.45) is 0.491. The van der Waals surface area contributed by atoms with Gasteiger partial charge in [0.25, 0.3) is 0 Å². The van der Waals surface area contributed by atoms with Gasteiger partial charge in [-0.3, -0.25) is 4.79 Å². The Balaban J connectivity index is 2.54. The van der Waals surface area contributed by atoms with E-state index in [0.29, 0.717) is 20.7 Å². The summed E-state index contributed by atoms with van der Waals surface area (Å²) in [7, 11) is -3.01. The molecule has 0 aliphatic rings. The van der Waals surface area contributed by atoms with Crippen LogP contribution in [0.25, 0.3) is 0 Å². The Morgan fingerprint density at radius 1 is 1.41 bits per heavy atom. The number of carbonyl (C=O) groups excluding carboxylic acids is 1. The molecule has 1 rings (SSSR count). The molecule has 1 heterocycles. The average molecular weight is 315 g/mol. The fraction of sp³-hybridized carbons (Fsp3) is 0.500. The molecule has 1 aromatic rings. The van der Waals surface area contributed by atoms with E-state index in [2.05, 4.69) is 0 Å². The second kappa shape index (κ2) is 6.18. The maximum absolute atomic E-state index is 11.7. The van der Waals surface area contributed by atoms with Crippen molar-refractivity contribution in [2.75, 3.05) is 11.5 Å². The third kappa shape index (κ3) is 4.58. The molecule has 0 aromatic carbocycles. The zero-order valence-corrected chi connectivity index (χ0v) is 12.3. The summed E-state index contributed by atoms with van der Waals surface area (Å²) in [6.45, 7) is 1.59. The molecule has 0 bridgehead atoms. The summed E-state index contributed by atoms with van der Waals surface area (Å²) in [6, 6.07) is 1.52.